The minimum atomic E-state index is -4.68. The van der Waals surface area contributed by atoms with Gasteiger partial charge in [-0.25, -0.2) is 9.37 Å². The van der Waals surface area contributed by atoms with Crippen LogP contribution in [0.1, 0.15) is 39.9 Å². The lowest BCUT2D eigenvalue weighted by Crippen LogP contribution is -2.43. The molecule has 0 bridgehead atoms. The highest BCUT2D eigenvalue weighted by atomic mass is 19.4. The van der Waals surface area contributed by atoms with E-state index in [0.29, 0.717) is 19.0 Å². The number of nitrogens with zero attached hydrogens (tertiary/aromatic N) is 3. The molecule has 0 spiro atoms. The number of nitrogens with one attached hydrogen (secondary N) is 3. The summed E-state index contributed by atoms with van der Waals surface area (Å²) < 4.78 is 61.6. The third-order valence-corrected chi connectivity index (χ3v) is 7.32. The average molecular weight is 559 g/mol. The molecule has 3 N–H and O–H groups in total. The molecule has 1 aromatic heterocycles. The van der Waals surface area contributed by atoms with E-state index in [1.165, 1.54) is 13.2 Å². The van der Waals surface area contributed by atoms with Crippen molar-refractivity contribution in [2.24, 2.45) is 0 Å². The Hall–Kier alpha value is -3.93. The molecule has 1 fully saturated rings. The summed E-state index contributed by atoms with van der Waals surface area (Å²) >= 11 is 0. The average Bonchev–Trinajstić information content (AvgIpc) is 3.32. The van der Waals surface area contributed by atoms with E-state index in [9.17, 15) is 22.4 Å². The van der Waals surface area contributed by atoms with Gasteiger partial charge in [-0.3, -0.25) is 4.79 Å². The van der Waals surface area contributed by atoms with Gasteiger partial charge in [-0.15, -0.1) is 0 Å². The van der Waals surface area contributed by atoms with Crippen LogP contribution < -0.4 is 20.7 Å². The van der Waals surface area contributed by atoms with Crippen LogP contribution in [0.25, 0.3) is 0 Å². The van der Waals surface area contributed by atoms with E-state index in [2.05, 4.69) is 30.8 Å². The van der Waals surface area contributed by atoms with E-state index in [1.807, 2.05) is 31.3 Å². The van der Waals surface area contributed by atoms with Crippen molar-refractivity contribution in [1.29, 1.82) is 0 Å². The van der Waals surface area contributed by atoms with E-state index >= 15 is 0 Å². The fourth-order valence-electron chi connectivity index (χ4n) is 5.15. The number of ether oxygens (including phenoxy) is 1. The van der Waals surface area contributed by atoms with Crippen LogP contribution in [0.4, 0.5) is 35.0 Å². The Bertz CT molecular complexity index is 1370. The van der Waals surface area contributed by atoms with Crippen molar-refractivity contribution in [2.75, 3.05) is 37.9 Å². The van der Waals surface area contributed by atoms with Crippen molar-refractivity contribution >= 4 is 23.4 Å². The van der Waals surface area contributed by atoms with E-state index in [-0.39, 0.29) is 40.9 Å². The normalized spacial score (nSPS) is 16.4. The summed E-state index contributed by atoms with van der Waals surface area (Å²) in [6.45, 7) is 1.63. The maximum Gasteiger partial charge on any atom is 0.421 e. The minimum Gasteiger partial charge on any atom is -0.494 e. The van der Waals surface area contributed by atoms with Crippen LogP contribution in [0.2, 0.25) is 0 Å². The molecule has 0 atom stereocenters. The number of halogens is 4. The monoisotopic (exact) mass is 558 g/mol. The van der Waals surface area contributed by atoms with Gasteiger partial charge in [-0.05, 0) is 63.0 Å². The number of aromatic nitrogens is 2. The number of rotatable bonds is 7. The lowest BCUT2D eigenvalue weighted by molar-refractivity contribution is -0.137. The van der Waals surface area contributed by atoms with Crippen LogP contribution in [0, 0.1) is 5.82 Å². The fourth-order valence-corrected chi connectivity index (χ4v) is 5.15. The van der Waals surface area contributed by atoms with Gasteiger partial charge in [0.05, 0.1) is 18.4 Å². The number of hydrogen-bond donors (Lipinski definition) is 3. The first-order valence-electron chi connectivity index (χ1n) is 13.0. The number of methoxy groups -OCH3 is 1. The molecular weight excluding hydrogens is 528 g/mol. The van der Waals surface area contributed by atoms with Gasteiger partial charge in [0.15, 0.2) is 0 Å². The number of anilines is 3. The third kappa shape index (κ3) is 6.11. The number of benzene rings is 2. The highest BCUT2D eigenvalue weighted by Crippen LogP contribution is 2.36. The van der Waals surface area contributed by atoms with Crippen molar-refractivity contribution < 1.29 is 27.1 Å². The first-order valence-corrected chi connectivity index (χ1v) is 13.0. The molecule has 2 aromatic carbocycles. The van der Waals surface area contributed by atoms with Crippen molar-refractivity contribution in [3.63, 3.8) is 0 Å². The van der Waals surface area contributed by atoms with Crippen LogP contribution >= 0.6 is 0 Å². The van der Waals surface area contributed by atoms with Gasteiger partial charge in [0.2, 0.25) is 5.95 Å². The lowest BCUT2D eigenvalue weighted by Gasteiger charge is -2.29. The van der Waals surface area contributed by atoms with E-state index in [4.69, 9.17) is 4.74 Å². The van der Waals surface area contributed by atoms with Crippen LogP contribution in [-0.4, -0.2) is 60.1 Å². The summed E-state index contributed by atoms with van der Waals surface area (Å²) in [6, 6.07) is 9.63. The molecule has 212 valence electrons. The predicted octanol–water partition coefficient (Wildman–Crippen LogP) is 4.79. The molecule has 2 heterocycles. The maximum absolute atomic E-state index is 14.9. The van der Waals surface area contributed by atoms with Gasteiger partial charge in [-0.2, -0.15) is 18.2 Å². The second-order valence-corrected chi connectivity index (χ2v) is 10.2. The minimum absolute atomic E-state index is 0.0394. The SMILES string of the molecule is COc1cc(F)c(C(=O)NC2CCN(C)CC2)cc1Nc1ncc(C(F)(F)F)c(NC2Cc3ccccc3C2)n1. The molecule has 1 amide bonds. The molecule has 0 saturated carbocycles. The number of carbonyl (C=O) groups excluding carboxylic acids is 1. The molecule has 12 heteroatoms. The van der Waals surface area contributed by atoms with Crippen LogP contribution in [0.5, 0.6) is 5.75 Å². The summed E-state index contributed by atoms with van der Waals surface area (Å²) in [5, 5.41) is 8.61. The zero-order valence-corrected chi connectivity index (χ0v) is 22.1. The highest BCUT2D eigenvalue weighted by molar-refractivity contribution is 5.96. The molecule has 0 radical (unpaired) electrons. The number of piperidine rings is 1. The predicted molar refractivity (Wildman–Crippen MR) is 143 cm³/mol. The van der Waals surface area contributed by atoms with E-state index in [1.54, 1.807) is 0 Å². The summed E-state index contributed by atoms with van der Waals surface area (Å²) in [4.78, 5) is 23.0. The van der Waals surface area contributed by atoms with Crippen LogP contribution in [0.3, 0.4) is 0 Å². The summed E-state index contributed by atoms with van der Waals surface area (Å²) in [7, 11) is 3.31. The topological polar surface area (TPSA) is 91.4 Å². The Balaban J connectivity index is 1.39. The fraction of sp³-hybridized carbons (Fsp3) is 0.393. The van der Waals surface area contributed by atoms with Gasteiger partial charge in [0.1, 0.15) is 22.9 Å². The number of alkyl halides is 3. The standard InChI is InChI=1S/C28H30F4N6O2/c1-38-9-7-18(8-10-38)35-26(39)20-13-23(24(40-2)14-22(20)29)36-27-33-15-21(28(30,31)32)25(37-27)34-19-11-16-5-3-4-6-17(16)12-19/h3-6,13-15,18-19H,7-12H2,1-2H3,(H,35,39)(H2,33,34,36,37). The van der Waals surface area contributed by atoms with Gasteiger partial charge in [0, 0.05) is 24.3 Å². The second-order valence-electron chi connectivity index (χ2n) is 10.2. The Morgan fingerprint density at radius 3 is 2.38 bits per heavy atom. The summed E-state index contributed by atoms with van der Waals surface area (Å²) in [5.41, 5.74) is 1.05. The summed E-state index contributed by atoms with van der Waals surface area (Å²) in [5.74, 6) is -1.88. The van der Waals surface area contributed by atoms with Gasteiger partial charge >= 0.3 is 6.18 Å². The lowest BCUT2D eigenvalue weighted by atomic mass is 10.0. The van der Waals surface area contributed by atoms with Crippen molar-refractivity contribution in [2.45, 2.75) is 43.9 Å². The number of amides is 1. The van der Waals surface area contributed by atoms with Gasteiger partial charge in [0.25, 0.3) is 5.91 Å². The quantitative estimate of drug-likeness (QED) is 0.359. The molecule has 0 unspecified atom stereocenters. The molecule has 2 aliphatic rings. The third-order valence-electron chi connectivity index (χ3n) is 7.32. The number of fused-ring (bicyclic) bond motifs is 1. The summed E-state index contributed by atoms with van der Waals surface area (Å²) in [6.07, 6.45) is -1.38. The zero-order chi connectivity index (χ0) is 28.4. The zero-order valence-electron chi connectivity index (χ0n) is 22.1. The Labute approximate surface area is 229 Å². The smallest absolute Gasteiger partial charge is 0.421 e. The van der Waals surface area contributed by atoms with Crippen molar-refractivity contribution in [3.05, 3.63) is 70.7 Å². The molecule has 3 aromatic rings. The Morgan fingerprint density at radius 1 is 1.07 bits per heavy atom. The number of hydrogen-bond acceptors (Lipinski definition) is 7. The van der Waals surface area contributed by atoms with Gasteiger partial charge < -0.3 is 25.6 Å². The molecule has 40 heavy (non-hydrogen) atoms. The number of carbonyl (C=O) groups is 1. The van der Waals surface area contributed by atoms with Crippen molar-refractivity contribution in [1.82, 2.24) is 20.2 Å². The van der Waals surface area contributed by atoms with Gasteiger partial charge in [-0.1, -0.05) is 24.3 Å². The molecule has 8 nitrogen and oxygen atoms in total. The molecule has 1 aliphatic heterocycles. The number of likely N-dealkylation sites (tertiary alicyclic amines) is 1. The Kier molecular flexibility index (Phi) is 7.79. The second kappa shape index (κ2) is 11.3. The molecule has 5 rings (SSSR count). The molecule has 1 saturated heterocycles. The Morgan fingerprint density at radius 2 is 1.75 bits per heavy atom. The highest BCUT2D eigenvalue weighted by Gasteiger charge is 2.36. The van der Waals surface area contributed by atoms with Crippen LogP contribution in [0.15, 0.2) is 42.6 Å². The van der Waals surface area contributed by atoms with Crippen LogP contribution in [-0.2, 0) is 19.0 Å². The first-order chi connectivity index (χ1) is 19.1. The van der Waals surface area contributed by atoms with E-state index in [0.717, 1.165) is 43.1 Å². The molecule has 1 aliphatic carbocycles. The first kappa shape index (κ1) is 27.6. The molecular formula is C28H30F4N6O2. The van der Waals surface area contributed by atoms with E-state index < -0.39 is 23.5 Å². The largest absolute Gasteiger partial charge is 0.494 e. The maximum atomic E-state index is 14.9. The van der Waals surface area contributed by atoms with Crippen molar-refractivity contribution in [3.8, 4) is 5.75 Å².